The first-order valence-electron chi connectivity index (χ1n) is 3.76. The van der Waals surface area contributed by atoms with Crippen molar-refractivity contribution < 1.29 is 19.4 Å². The lowest BCUT2D eigenvalue weighted by atomic mass is 10.1. The predicted octanol–water partition coefficient (Wildman–Crippen LogP) is 1.92. The molecule has 0 radical (unpaired) electrons. The van der Waals surface area contributed by atoms with Crippen molar-refractivity contribution in [3.05, 3.63) is 19.8 Å². The number of thiophene rings is 1. The van der Waals surface area contributed by atoms with Gasteiger partial charge in [-0.25, -0.2) is 4.79 Å². The summed E-state index contributed by atoms with van der Waals surface area (Å²) in [7, 11) is 0. The van der Waals surface area contributed by atoms with Gasteiger partial charge >= 0.3 is 5.97 Å². The van der Waals surface area contributed by atoms with Crippen LogP contribution in [-0.2, 0) is 11.3 Å². The molecule has 0 aliphatic carbocycles. The van der Waals surface area contributed by atoms with E-state index in [4.69, 9.17) is 9.84 Å². The number of ketones is 1. The van der Waals surface area contributed by atoms with Gasteiger partial charge in [-0.15, -0.1) is 11.3 Å². The summed E-state index contributed by atoms with van der Waals surface area (Å²) in [4.78, 5) is 22.7. The van der Waals surface area contributed by atoms with Crippen LogP contribution in [0.5, 0.6) is 0 Å². The standard InChI is InChI=1S/C8H5BrO4S/c9-7-5(8(11)12)3-1-13-2-4(10)6(3)14-7/h1-2H2,(H,11,12). The molecule has 0 saturated carbocycles. The number of rotatable bonds is 1. The van der Waals surface area contributed by atoms with Crippen LogP contribution in [0.25, 0.3) is 0 Å². The highest BCUT2D eigenvalue weighted by atomic mass is 79.9. The van der Waals surface area contributed by atoms with E-state index in [0.717, 1.165) is 11.3 Å². The molecule has 0 fully saturated rings. The van der Waals surface area contributed by atoms with Crippen LogP contribution in [0.4, 0.5) is 0 Å². The van der Waals surface area contributed by atoms with Crippen molar-refractivity contribution in [1.82, 2.24) is 0 Å². The highest BCUT2D eigenvalue weighted by Gasteiger charge is 2.28. The molecule has 1 aliphatic rings. The minimum atomic E-state index is -1.03. The van der Waals surface area contributed by atoms with E-state index in [-0.39, 0.29) is 24.6 Å². The van der Waals surface area contributed by atoms with Crippen LogP contribution in [0.1, 0.15) is 25.6 Å². The first-order valence-corrected chi connectivity index (χ1v) is 5.37. The molecule has 0 saturated heterocycles. The Kier molecular flexibility index (Phi) is 2.42. The quantitative estimate of drug-likeness (QED) is 0.851. The minimum absolute atomic E-state index is 0.0407. The molecule has 74 valence electrons. The summed E-state index contributed by atoms with van der Waals surface area (Å²) in [5, 5.41) is 8.91. The van der Waals surface area contributed by atoms with Crippen LogP contribution >= 0.6 is 27.3 Å². The molecule has 0 unspecified atom stereocenters. The fourth-order valence-corrected chi connectivity index (χ4v) is 3.17. The number of aromatic carboxylic acids is 1. The maximum absolute atomic E-state index is 11.3. The van der Waals surface area contributed by atoms with Crippen LogP contribution < -0.4 is 0 Å². The van der Waals surface area contributed by atoms with Crippen LogP contribution in [0.15, 0.2) is 3.79 Å². The van der Waals surface area contributed by atoms with Gasteiger partial charge in [0.25, 0.3) is 0 Å². The van der Waals surface area contributed by atoms with Crippen molar-refractivity contribution in [3.63, 3.8) is 0 Å². The van der Waals surface area contributed by atoms with Crippen molar-refractivity contribution in [2.24, 2.45) is 0 Å². The van der Waals surface area contributed by atoms with Crippen molar-refractivity contribution >= 4 is 39.0 Å². The third-order valence-corrected chi connectivity index (χ3v) is 3.85. The SMILES string of the molecule is O=C1COCc2c1sc(Br)c2C(=O)O. The number of carbonyl (C=O) groups excluding carboxylic acids is 1. The van der Waals surface area contributed by atoms with Gasteiger partial charge in [0.2, 0.25) is 0 Å². The van der Waals surface area contributed by atoms with Crippen molar-refractivity contribution in [2.75, 3.05) is 6.61 Å². The van der Waals surface area contributed by atoms with Gasteiger partial charge < -0.3 is 9.84 Å². The maximum atomic E-state index is 11.3. The van der Waals surface area contributed by atoms with Gasteiger partial charge in [0.1, 0.15) is 6.61 Å². The number of Topliss-reactive ketones (excluding diaryl/α,β-unsaturated/α-hetero) is 1. The zero-order chi connectivity index (χ0) is 10.3. The number of ether oxygens (including phenoxy) is 1. The summed E-state index contributed by atoms with van der Waals surface area (Å²) in [5.74, 6) is -1.18. The Morgan fingerprint density at radius 3 is 2.86 bits per heavy atom. The number of carboxylic acid groups (broad SMARTS) is 1. The van der Waals surface area contributed by atoms with Gasteiger partial charge in [0, 0.05) is 5.56 Å². The Morgan fingerprint density at radius 2 is 2.21 bits per heavy atom. The molecule has 0 amide bonds. The Bertz CT molecular complexity index is 423. The Hall–Kier alpha value is -0.720. The van der Waals surface area contributed by atoms with E-state index in [1.807, 2.05) is 0 Å². The molecular formula is C8H5BrO4S. The number of hydrogen-bond donors (Lipinski definition) is 1. The average Bonchev–Trinajstić information content (AvgIpc) is 2.42. The van der Waals surface area contributed by atoms with Crippen LogP contribution in [-0.4, -0.2) is 23.5 Å². The van der Waals surface area contributed by atoms with Crippen molar-refractivity contribution in [1.29, 1.82) is 0 Å². The van der Waals surface area contributed by atoms with Gasteiger partial charge in [-0.2, -0.15) is 0 Å². The smallest absolute Gasteiger partial charge is 0.338 e. The van der Waals surface area contributed by atoms with E-state index in [9.17, 15) is 9.59 Å². The average molecular weight is 277 g/mol. The number of halogens is 1. The van der Waals surface area contributed by atoms with E-state index in [1.54, 1.807) is 0 Å². The fourth-order valence-electron chi connectivity index (χ4n) is 1.32. The number of fused-ring (bicyclic) bond motifs is 1. The molecule has 0 spiro atoms. The normalized spacial score (nSPS) is 15.4. The lowest BCUT2D eigenvalue weighted by Gasteiger charge is -2.10. The molecule has 1 aliphatic heterocycles. The van der Waals surface area contributed by atoms with Crippen LogP contribution in [0.3, 0.4) is 0 Å². The maximum Gasteiger partial charge on any atom is 0.338 e. The van der Waals surface area contributed by atoms with Gasteiger partial charge in [-0.05, 0) is 15.9 Å². The third-order valence-electron chi connectivity index (χ3n) is 1.91. The second-order valence-electron chi connectivity index (χ2n) is 2.78. The lowest BCUT2D eigenvalue weighted by molar-refractivity contribution is 0.0646. The van der Waals surface area contributed by atoms with E-state index in [1.165, 1.54) is 0 Å². The molecule has 1 aromatic heterocycles. The van der Waals surface area contributed by atoms with Gasteiger partial charge in [0.05, 0.1) is 20.8 Å². The van der Waals surface area contributed by atoms with E-state index < -0.39 is 5.97 Å². The lowest BCUT2D eigenvalue weighted by Crippen LogP contribution is -2.17. The first kappa shape index (κ1) is 9.82. The first-order chi connectivity index (χ1) is 6.61. The molecule has 1 N–H and O–H groups in total. The van der Waals surface area contributed by atoms with Crippen LogP contribution in [0.2, 0.25) is 0 Å². The van der Waals surface area contributed by atoms with E-state index in [2.05, 4.69) is 15.9 Å². The molecular weight excluding hydrogens is 272 g/mol. The molecule has 6 heteroatoms. The third kappa shape index (κ3) is 1.39. The van der Waals surface area contributed by atoms with E-state index >= 15 is 0 Å². The highest BCUT2D eigenvalue weighted by molar-refractivity contribution is 9.11. The van der Waals surface area contributed by atoms with Gasteiger partial charge in [-0.3, -0.25) is 4.79 Å². The molecule has 0 aromatic carbocycles. The molecule has 2 heterocycles. The summed E-state index contributed by atoms with van der Waals surface area (Å²) < 4.78 is 5.47. The molecule has 14 heavy (non-hydrogen) atoms. The topological polar surface area (TPSA) is 63.6 Å². The van der Waals surface area contributed by atoms with Gasteiger partial charge in [0.15, 0.2) is 5.78 Å². The highest BCUT2D eigenvalue weighted by Crippen LogP contribution is 2.35. The minimum Gasteiger partial charge on any atom is -0.478 e. The number of hydrogen-bond acceptors (Lipinski definition) is 4. The Balaban J connectivity index is 2.63. The summed E-state index contributed by atoms with van der Waals surface area (Å²) >= 11 is 4.29. The van der Waals surface area contributed by atoms with Gasteiger partial charge in [-0.1, -0.05) is 0 Å². The van der Waals surface area contributed by atoms with Crippen molar-refractivity contribution in [2.45, 2.75) is 6.61 Å². The fraction of sp³-hybridized carbons (Fsp3) is 0.250. The largest absolute Gasteiger partial charge is 0.478 e. The molecule has 2 rings (SSSR count). The molecule has 0 atom stereocenters. The Morgan fingerprint density at radius 1 is 1.50 bits per heavy atom. The zero-order valence-electron chi connectivity index (χ0n) is 6.87. The number of carbonyl (C=O) groups is 2. The zero-order valence-corrected chi connectivity index (χ0v) is 9.27. The molecule has 0 bridgehead atoms. The summed E-state index contributed by atoms with van der Waals surface area (Å²) in [6.45, 7) is 0.240. The number of carboxylic acids is 1. The predicted molar refractivity (Wildman–Crippen MR) is 53.0 cm³/mol. The summed E-state index contributed by atoms with van der Waals surface area (Å²) in [6.07, 6.45) is 0. The Labute approximate surface area is 91.6 Å². The van der Waals surface area contributed by atoms with Crippen molar-refractivity contribution in [3.8, 4) is 0 Å². The summed E-state index contributed by atoms with van der Waals surface area (Å²) in [5.41, 5.74) is 0.642. The van der Waals surface area contributed by atoms with E-state index in [0.29, 0.717) is 14.2 Å². The molecule has 1 aromatic rings. The van der Waals surface area contributed by atoms with Crippen LogP contribution in [0, 0.1) is 0 Å². The molecule has 4 nitrogen and oxygen atoms in total. The monoisotopic (exact) mass is 276 g/mol. The second kappa shape index (κ2) is 3.45. The summed E-state index contributed by atoms with van der Waals surface area (Å²) in [6, 6.07) is 0. The second-order valence-corrected chi connectivity index (χ2v) is 5.12.